The maximum atomic E-state index is 4.82. The number of fused-ring (bicyclic) bond motifs is 14. The monoisotopic (exact) mass is 1830 g/mol. The van der Waals surface area contributed by atoms with E-state index in [1.807, 2.05) is 49.1 Å². The van der Waals surface area contributed by atoms with Gasteiger partial charge < -0.3 is 18.9 Å². The summed E-state index contributed by atoms with van der Waals surface area (Å²) in [6, 6.07) is 185. The van der Waals surface area contributed by atoms with Gasteiger partial charge in [-0.2, -0.15) is 0 Å². The SMILES string of the molecule is c1ccc(N(c2ccc3c(-c4ccccc4-c4ccc5cccnc5c4)c4ccccc4c(-c4ccccc4-c4ccc5cccnc5c4)c3c2)c2ccc3c(c2)c2ccccc2n3-c2ccccc2)cc1.c1ccc(N(c2ccc3c(c2)c2ccccc2n3-c2ccccc2)c2cccc3c(-c4ccccc4-c4ccc5cccnc5c4)c4ccccc4c(-c4ccccc4-c4ccc5cccnc5c4)c23)cc1. The van der Waals surface area contributed by atoms with E-state index in [2.05, 4.69) is 504 Å². The maximum absolute atomic E-state index is 4.82. The number of pyridine rings is 4. The molecule has 672 valence electrons. The van der Waals surface area contributed by atoms with Crippen molar-refractivity contribution >= 4 is 164 Å². The Bertz CT molecular complexity index is 9800. The maximum Gasteiger partial charge on any atom is 0.0708 e. The van der Waals surface area contributed by atoms with Crippen LogP contribution in [0, 0.1) is 0 Å². The van der Waals surface area contributed by atoms with Crippen LogP contribution in [0.2, 0.25) is 0 Å². The van der Waals surface area contributed by atoms with Gasteiger partial charge in [-0.3, -0.25) is 19.9 Å². The second-order valence-corrected chi connectivity index (χ2v) is 37.0. The third-order valence-corrected chi connectivity index (χ3v) is 28.9. The van der Waals surface area contributed by atoms with Crippen LogP contribution < -0.4 is 9.80 Å². The van der Waals surface area contributed by atoms with E-state index in [1.54, 1.807) is 0 Å². The number of para-hydroxylation sites is 6. The molecule has 0 aliphatic heterocycles. The van der Waals surface area contributed by atoms with E-state index in [4.69, 9.17) is 19.9 Å². The number of aromatic nitrogens is 6. The van der Waals surface area contributed by atoms with Gasteiger partial charge in [0.1, 0.15) is 0 Å². The molecule has 0 unspecified atom stereocenters. The normalized spacial score (nSPS) is 11.6. The summed E-state index contributed by atoms with van der Waals surface area (Å²) in [5.74, 6) is 0. The van der Waals surface area contributed by atoms with Crippen molar-refractivity contribution in [1.29, 1.82) is 0 Å². The summed E-state index contributed by atoms with van der Waals surface area (Å²) in [6.07, 6.45) is 7.51. The van der Waals surface area contributed by atoms with Crippen molar-refractivity contribution in [2.75, 3.05) is 9.80 Å². The van der Waals surface area contributed by atoms with E-state index < -0.39 is 0 Å². The van der Waals surface area contributed by atoms with Crippen molar-refractivity contribution < 1.29 is 0 Å². The highest BCUT2D eigenvalue weighted by Crippen LogP contribution is 2.56. The molecule has 0 bridgehead atoms. The van der Waals surface area contributed by atoms with Crippen LogP contribution in [-0.4, -0.2) is 29.1 Å². The molecule has 0 aliphatic rings. The predicted octanol–water partition coefficient (Wildman–Crippen LogP) is 36.6. The first-order valence-corrected chi connectivity index (χ1v) is 49.1. The minimum atomic E-state index is 0.968. The molecule has 0 N–H and O–H groups in total. The molecule has 144 heavy (non-hydrogen) atoms. The number of anilines is 6. The van der Waals surface area contributed by atoms with Crippen molar-refractivity contribution in [2.24, 2.45) is 0 Å². The quantitative estimate of drug-likeness (QED) is 0.0898. The Balaban J connectivity index is 0.000000143. The van der Waals surface area contributed by atoms with Gasteiger partial charge in [-0.1, -0.05) is 346 Å². The van der Waals surface area contributed by atoms with Gasteiger partial charge in [0.25, 0.3) is 0 Å². The lowest BCUT2D eigenvalue weighted by Gasteiger charge is -2.30. The van der Waals surface area contributed by atoms with E-state index in [0.29, 0.717) is 0 Å². The summed E-state index contributed by atoms with van der Waals surface area (Å²) in [5, 5.41) is 18.6. The van der Waals surface area contributed by atoms with E-state index in [-0.39, 0.29) is 0 Å². The predicted molar refractivity (Wildman–Crippen MR) is 606 cm³/mol. The summed E-state index contributed by atoms with van der Waals surface area (Å²) in [6.45, 7) is 0. The number of rotatable bonds is 16. The minimum Gasteiger partial charge on any atom is -0.310 e. The molecule has 0 amide bonds. The topological polar surface area (TPSA) is 67.9 Å². The zero-order valence-electron chi connectivity index (χ0n) is 78.4. The molecule has 28 rings (SSSR count). The fourth-order valence-electron chi connectivity index (χ4n) is 22.5. The van der Waals surface area contributed by atoms with E-state index in [1.165, 1.54) is 87.3 Å². The fraction of sp³-hybridized carbons (Fsp3) is 0. The fourth-order valence-corrected chi connectivity index (χ4v) is 22.5. The summed E-state index contributed by atoms with van der Waals surface area (Å²) in [4.78, 5) is 24.1. The van der Waals surface area contributed by atoms with Crippen LogP contribution in [0.3, 0.4) is 0 Å². The van der Waals surface area contributed by atoms with Crippen LogP contribution in [0.25, 0.3) is 231 Å². The van der Waals surface area contributed by atoms with Gasteiger partial charge in [0.05, 0.1) is 49.8 Å². The van der Waals surface area contributed by atoms with E-state index in [0.717, 1.165) is 178 Å². The van der Waals surface area contributed by atoms with Crippen molar-refractivity contribution in [3.05, 3.63) is 534 Å². The summed E-state index contributed by atoms with van der Waals surface area (Å²) < 4.78 is 4.77. The lowest BCUT2D eigenvalue weighted by molar-refractivity contribution is 1.18. The summed E-state index contributed by atoms with van der Waals surface area (Å²) in [7, 11) is 0. The Morgan fingerprint density at radius 3 is 0.847 bits per heavy atom. The van der Waals surface area contributed by atoms with Crippen LogP contribution in [0.4, 0.5) is 34.1 Å². The van der Waals surface area contributed by atoms with Crippen LogP contribution in [0.15, 0.2) is 534 Å². The van der Waals surface area contributed by atoms with Crippen LogP contribution >= 0.6 is 0 Å². The molecular weight excluding hydrogens is 1750 g/mol. The van der Waals surface area contributed by atoms with Gasteiger partial charge in [-0.25, -0.2) is 0 Å². The van der Waals surface area contributed by atoms with E-state index in [9.17, 15) is 0 Å². The van der Waals surface area contributed by atoms with Crippen molar-refractivity contribution in [3.63, 3.8) is 0 Å². The lowest BCUT2D eigenvalue weighted by Crippen LogP contribution is -2.11. The average Bonchev–Trinajstić information content (AvgIpc) is 1.41. The standard InChI is InChI=1S/2C68H44N4/c1-3-20-49(21-4-1)71(51-38-39-64-60(44-51)54-26-13-14-32-63(54)72(64)50-22-5-2-6-23-50)65-33-15-31-59-66(55-27-9-7-24-52(55)47-36-34-45-18-16-40-69-61(45)42-47)57-29-11-12-30-58(57)67(68(59)65)56-28-10-8-25-53(56)48-37-35-46-19-17-41-70-62(46)43-48;1-3-19-49(20-4-1)71(52-36-38-66-61(43-52)55-25-13-14-30-65(55)72(66)50-21-5-2-6-22-50)51-35-37-60-62(44-51)68(57-27-10-8-24-54(57)48-34-32-46-18-16-40-70-64(46)42-48)59-29-12-11-28-58(59)67(60)56-26-9-7-23-53(56)47-33-31-45-17-15-39-69-63(45)41-47/h2*1-44H. The highest BCUT2D eigenvalue weighted by Gasteiger charge is 2.30. The number of hydrogen-bond acceptors (Lipinski definition) is 6. The second-order valence-electron chi connectivity index (χ2n) is 37.0. The van der Waals surface area contributed by atoms with Crippen molar-refractivity contribution in [3.8, 4) is 100 Å². The zero-order chi connectivity index (χ0) is 95.1. The molecule has 6 heterocycles. The first-order chi connectivity index (χ1) is 71.5. The molecule has 0 spiro atoms. The summed E-state index contributed by atoms with van der Waals surface area (Å²) >= 11 is 0. The molecule has 28 aromatic rings. The lowest BCUT2D eigenvalue weighted by atomic mass is 9.81. The third-order valence-electron chi connectivity index (χ3n) is 28.9. The minimum absolute atomic E-state index is 0.968. The van der Waals surface area contributed by atoms with Gasteiger partial charge >= 0.3 is 0 Å². The number of benzene rings is 22. The van der Waals surface area contributed by atoms with Crippen LogP contribution in [0.1, 0.15) is 0 Å². The molecule has 0 fully saturated rings. The second kappa shape index (κ2) is 35.6. The van der Waals surface area contributed by atoms with Gasteiger partial charge in [-0.05, 0) is 285 Å². The first kappa shape index (κ1) is 84.0. The highest BCUT2D eigenvalue weighted by atomic mass is 15.2. The molecule has 8 heteroatoms. The largest absolute Gasteiger partial charge is 0.310 e. The Labute approximate surface area is 832 Å². The van der Waals surface area contributed by atoms with Gasteiger partial charge in [0, 0.05) is 119 Å². The summed E-state index contributed by atoms with van der Waals surface area (Å²) in [5.41, 5.74) is 35.7. The Morgan fingerprint density at radius 2 is 0.444 bits per heavy atom. The van der Waals surface area contributed by atoms with E-state index >= 15 is 0 Å². The zero-order valence-corrected chi connectivity index (χ0v) is 78.4. The number of hydrogen-bond donors (Lipinski definition) is 0. The molecule has 0 atom stereocenters. The molecule has 0 aliphatic carbocycles. The Kier molecular flexibility index (Phi) is 20.8. The average molecular weight is 1830 g/mol. The van der Waals surface area contributed by atoms with Gasteiger partial charge in [0.2, 0.25) is 0 Å². The molecular formula is C136H88N8. The first-order valence-electron chi connectivity index (χ1n) is 49.1. The smallest absolute Gasteiger partial charge is 0.0708 e. The Hall–Kier alpha value is -19.3. The molecule has 6 aromatic heterocycles. The van der Waals surface area contributed by atoms with Crippen LogP contribution in [-0.2, 0) is 0 Å². The Morgan fingerprint density at radius 1 is 0.160 bits per heavy atom. The number of nitrogens with zero attached hydrogens (tertiary/aromatic N) is 8. The van der Waals surface area contributed by atoms with Crippen molar-refractivity contribution in [1.82, 2.24) is 29.1 Å². The van der Waals surface area contributed by atoms with Gasteiger partial charge in [0.15, 0.2) is 0 Å². The molecule has 0 saturated heterocycles. The van der Waals surface area contributed by atoms with Crippen LogP contribution in [0.5, 0.6) is 0 Å². The molecule has 0 radical (unpaired) electrons. The highest BCUT2D eigenvalue weighted by molar-refractivity contribution is 6.29. The van der Waals surface area contributed by atoms with Gasteiger partial charge in [-0.15, -0.1) is 0 Å². The van der Waals surface area contributed by atoms with Crippen molar-refractivity contribution in [2.45, 2.75) is 0 Å². The molecule has 22 aromatic carbocycles. The third kappa shape index (κ3) is 14.5. The molecule has 0 saturated carbocycles. The molecule has 8 nitrogen and oxygen atoms in total.